The van der Waals surface area contributed by atoms with E-state index in [1.165, 1.54) is 11.3 Å². The van der Waals surface area contributed by atoms with Crippen LogP contribution in [0.25, 0.3) is 0 Å². The van der Waals surface area contributed by atoms with E-state index in [1.807, 2.05) is 41.8 Å². The maximum absolute atomic E-state index is 13.0. The maximum Gasteiger partial charge on any atom is 0.237 e. The predicted octanol–water partition coefficient (Wildman–Crippen LogP) is 2.48. The number of carbonyl (C=O) groups excluding carboxylic acids is 2. The number of amidine groups is 1. The molecule has 3 atom stereocenters. The van der Waals surface area contributed by atoms with Crippen LogP contribution in [0.2, 0.25) is 0 Å². The van der Waals surface area contributed by atoms with Crippen LogP contribution < -0.4 is 21.1 Å². The molecular weight excluding hydrogens is 450 g/mol. The number of nitrogen functional groups attached to an aromatic ring is 1. The summed E-state index contributed by atoms with van der Waals surface area (Å²) in [6.45, 7) is 4.37. The summed E-state index contributed by atoms with van der Waals surface area (Å²) in [6, 6.07) is 11.7. The number of nitrogens with one attached hydrogen (secondary N) is 3. The lowest BCUT2D eigenvalue weighted by Gasteiger charge is -2.26. The number of hydrogen-bond acceptors (Lipinski definition) is 6. The molecule has 5 N–H and O–H groups in total. The molecule has 1 saturated heterocycles. The van der Waals surface area contributed by atoms with Crippen molar-refractivity contribution < 1.29 is 14.3 Å². The maximum atomic E-state index is 13.0. The topological polar surface area (TPSA) is 121 Å². The van der Waals surface area contributed by atoms with Crippen LogP contribution in [0.1, 0.15) is 43.0 Å². The average Bonchev–Trinajstić information content (AvgIpc) is 3.15. The number of benzene rings is 1. The van der Waals surface area contributed by atoms with E-state index in [2.05, 4.69) is 22.5 Å². The highest BCUT2D eigenvalue weighted by Gasteiger charge is 2.62. The van der Waals surface area contributed by atoms with Crippen molar-refractivity contribution in [1.82, 2.24) is 15.5 Å². The number of nitrogens with zero attached hydrogens (tertiary/aromatic N) is 1. The Kier molecular flexibility index (Phi) is 7.53. The molecule has 9 heteroatoms. The second kappa shape index (κ2) is 10.6. The minimum Gasteiger partial charge on any atom is -0.494 e. The minimum atomic E-state index is -0.174. The third-order valence-corrected chi connectivity index (χ3v) is 7.66. The van der Waals surface area contributed by atoms with Gasteiger partial charge in [-0.15, -0.1) is 11.3 Å². The molecule has 2 aliphatic rings. The Morgan fingerprint density at radius 1 is 1.26 bits per heavy atom. The van der Waals surface area contributed by atoms with Gasteiger partial charge >= 0.3 is 0 Å². The van der Waals surface area contributed by atoms with Crippen molar-refractivity contribution in [3.8, 4) is 5.75 Å². The van der Waals surface area contributed by atoms with Gasteiger partial charge in [-0.05, 0) is 42.9 Å². The fourth-order valence-electron chi connectivity index (χ4n) is 4.71. The van der Waals surface area contributed by atoms with Crippen molar-refractivity contribution in [2.24, 2.45) is 11.1 Å². The molecule has 1 saturated carbocycles. The first-order valence-corrected chi connectivity index (χ1v) is 12.6. The van der Waals surface area contributed by atoms with Crippen LogP contribution in [0.15, 0.2) is 41.8 Å². The molecule has 8 nitrogen and oxygen atoms in total. The largest absolute Gasteiger partial charge is 0.494 e. The Bertz CT molecular complexity index is 1030. The number of thiophene rings is 1. The SMILES string of the molecule is C[C@]12CC1N(CCNC(=O)CCCOc1ccccc1)[C@H](C(=O)NCc1cc(C(=N)N)cs1)C2. The van der Waals surface area contributed by atoms with E-state index in [0.29, 0.717) is 50.7 Å². The monoisotopic (exact) mass is 483 g/mol. The summed E-state index contributed by atoms with van der Waals surface area (Å²) >= 11 is 1.49. The Morgan fingerprint density at radius 2 is 2.06 bits per heavy atom. The van der Waals surface area contributed by atoms with Gasteiger partial charge in [0.2, 0.25) is 11.8 Å². The molecular formula is C25H33N5O3S. The summed E-state index contributed by atoms with van der Waals surface area (Å²) in [7, 11) is 0. The zero-order valence-electron chi connectivity index (χ0n) is 19.5. The van der Waals surface area contributed by atoms with Gasteiger partial charge in [0.25, 0.3) is 0 Å². The van der Waals surface area contributed by atoms with Crippen molar-refractivity contribution >= 4 is 29.0 Å². The lowest BCUT2D eigenvalue weighted by molar-refractivity contribution is -0.126. The number of nitrogens with two attached hydrogens (primary N) is 1. The number of hydrogen-bond donors (Lipinski definition) is 4. The highest BCUT2D eigenvalue weighted by Crippen LogP contribution is 2.58. The number of likely N-dealkylation sites (tertiary alicyclic amines) is 1. The Balaban J connectivity index is 1.18. The highest BCUT2D eigenvalue weighted by molar-refractivity contribution is 7.10. The second-order valence-corrected chi connectivity index (χ2v) is 10.4. The summed E-state index contributed by atoms with van der Waals surface area (Å²) in [6.07, 6.45) is 3.02. The fourth-order valence-corrected chi connectivity index (χ4v) is 5.53. The van der Waals surface area contributed by atoms with Crippen LogP contribution in [0.4, 0.5) is 0 Å². The molecule has 2 amide bonds. The van der Waals surface area contributed by atoms with Crippen LogP contribution >= 0.6 is 11.3 Å². The van der Waals surface area contributed by atoms with Gasteiger partial charge in [-0.3, -0.25) is 19.9 Å². The van der Waals surface area contributed by atoms with Crippen LogP contribution in [0.5, 0.6) is 5.75 Å². The zero-order valence-corrected chi connectivity index (χ0v) is 20.3. The number of piperidine rings is 1. The molecule has 1 aliphatic carbocycles. The van der Waals surface area contributed by atoms with Gasteiger partial charge in [0.15, 0.2) is 0 Å². The minimum absolute atomic E-state index is 0.00869. The Morgan fingerprint density at radius 3 is 2.79 bits per heavy atom. The third kappa shape index (κ3) is 5.95. The van der Waals surface area contributed by atoms with Gasteiger partial charge in [-0.25, -0.2) is 0 Å². The summed E-state index contributed by atoms with van der Waals surface area (Å²) in [5.74, 6) is 0.881. The molecule has 0 radical (unpaired) electrons. The van der Waals surface area contributed by atoms with Crippen LogP contribution in [0.3, 0.4) is 0 Å². The van der Waals surface area contributed by atoms with Gasteiger partial charge < -0.3 is 21.1 Å². The van der Waals surface area contributed by atoms with Gasteiger partial charge in [0, 0.05) is 41.4 Å². The van der Waals surface area contributed by atoms with Crippen molar-refractivity contribution in [3.05, 3.63) is 52.2 Å². The Hall–Kier alpha value is -2.91. The lowest BCUT2D eigenvalue weighted by Crippen LogP contribution is -2.47. The van der Waals surface area contributed by atoms with Crippen molar-refractivity contribution in [3.63, 3.8) is 0 Å². The first-order valence-electron chi connectivity index (χ1n) is 11.8. The molecule has 0 spiro atoms. The molecule has 182 valence electrons. The summed E-state index contributed by atoms with van der Waals surface area (Å²) in [4.78, 5) is 28.4. The third-order valence-electron chi connectivity index (χ3n) is 6.72. The molecule has 2 fully saturated rings. The molecule has 34 heavy (non-hydrogen) atoms. The van der Waals surface area contributed by atoms with Gasteiger partial charge in [0.1, 0.15) is 11.6 Å². The standard InChI is InChI=1S/C25H33N5O3S/c1-25-13-20(24(32)29-15-19-12-17(16-34-19)23(26)27)30(21(25)14-25)10-9-28-22(31)8-5-11-33-18-6-3-2-4-7-18/h2-4,6-7,12,16,20-21H,5,8-11,13-15H2,1H3,(H3,26,27)(H,28,31)(H,29,32)/t20-,21?,25-/m0/s1. The molecule has 1 unspecified atom stereocenters. The van der Waals surface area contributed by atoms with Gasteiger partial charge in [-0.1, -0.05) is 25.1 Å². The molecule has 1 aromatic heterocycles. The molecule has 4 rings (SSSR count). The average molecular weight is 484 g/mol. The normalized spacial score (nSPS) is 23.2. The number of amides is 2. The van der Waals surface area contributed by atoms with E-state index in [9.17, 15) is 9.59 Å². The van der Waals surface area contributed by atoms with E-state index in [-0.39, 0.29) is 29.1 Å². The number of carbonyl (C=O) groups is 2. The summed E-state index contributed by atoms with van der Waals surface area (Å²) in [5.41, 5.74) is 6.41. The quantitative estimate of drug-likeness (QED) is 0.210. The summed E-state index contributed by atoms with van der Waals surface area (Å²) < 4.78 is 5.63. The summed E-state index contributed by atoms with van der Waals surface area (Å²) in [5, 5.41) is 15.4. The second-order valence-electron chi connectivity index (χ2n) is 9.38. The smallest absolute Gasteiger partial charge is 0.237 e. The first kappa shape index (κ1) is 24.2. The number of para-hydroxylation sites is 1. The van der Waals surface area contributed by atoms with E-state index in [1.54, 1.807) is 0 Å². The van der Waals surface area contributed by atoms with E-state index < -0.39 is 0 Å². The molecule has 2 aromatic rings. The van der Waals surface area contributed by atoms with Gasteiger partial charge in [0.05, 0.1) is 19.2 Å². The number of ether oxygens (including phenoxy) is 1. The van der Waals surface area contributed by atoms with Gasteiger partial charge in [-0.2, -0.15) is 0 Å². The van der Waals surface area contributed by atoms with Crippen molar-refractivity contribution in [2.75, 3.05) is 19.7 Å². The first-order chi connectivity index (χ1) is 16.4. The van der Waals surface area contributed by atoms with Crippen LogP contribution in [-0.4, -0.2) is 54.3 Å². The predicted molar refractivity (Wildman–Crippen MR) is 133 cm³/mol. The molecule has 0 bridgehead atoms. The molecule has 1 aliphatic heterocycles. The van der Waals surface area contributed by atoms with Crippen LogP contribution in [0, 0.1) is 10.8 Å². The van der Waals surface area contributed by atoms with Crippen molar-refractivity contribution in [1.29, 1.82) is 5.41 Å². The number of rotatable bonds is 12. The van der Waals surface area contributed by atoms with E-state index >= 15 is 0 Å². The highest BCUT2D eigenvalue weighted by atomic mass is 32.1. The fraction of sp³-hybridized carbons (Fsp3) is 0.480. The van der Waals surface area contributed by atoms with Crippen LogP contribution in [-0.2, 0) is 16.1 Å². The molecule has 2 heterocycles. The number of fused-ring (bicyclic) bond motifs is 1. The molecule has 1 aromatic carbocycles. The Labute approximate surface area is 204 Å². The zero-order chi connectivity index (χ0) is 24.1. The van der Waals surface area contributed by atoms with E-state index in [0.717, 1.165) is 23.5 Å². The lowest BCUT2D eigenvalue weighted by atomic mass is 10.0. The van der Waals surface area contributed by atoms with Crippen molar-refractivity contribution in [2.45, 2.75) is 51.2 Å². The van der Waals surface area contributed by atoms with E-state index in [4.69, 9.17) is 15.9 Å².